The highest BCUT2D eigenvalue weighted by atomic mass is 35.5. The number of aryl methyl sites for hydroxylation is 1. The van der Waals surface area contributed by atoms with E-state index >= 15 is 0 Å². The van der Waals surface area contributed by atoms with E-state index in [1.807, 2.05) is 31.2 Å². The van der Waals surface area contributed by atoms with Gasteiger partial charge in [0.05, 0.1) is 0 Å². The number of halogens is 1. The lowest BCUT2D eigenvalue weighted by molar-refractivity contribution is 0.0277. The van der Waals surface area contributed by atoms with Crippen LogP contribution in [0.5, 0.6) is 5.75 Å². The van der Waals surface area contributed by atoms with Crippen LogP contribution in [0.2, 0.25) is 5.02 Å². The Labute approximate surface area is 149 Å². The average Bonchev–Trinajstić information content (AvgIpc) is 3.05. The molecule has 0 saturated heterocycles. The van der Waals surface area contributed by atoms with Crippen LogP contribution < -0.4 is 0 Å². The van der Waals surface area contributed by atoms with E-state index in [-0.39, 0.29) is 17.2 Å². The van der Waals surface area contributed by atoms with Crippen molar-refractivity contribution < 1.29 is 19.1 Å². The van der Waals surface area contributed by atoms with Crippen LogP contribution in [0.3, 0.4) is 0 Å². The number of rotatable bonds is 4. The summed E-state index contributed by atoms with van der Waals surface area (Å²) in [7, 11) is 0. The first-order chi connectivity index (χ1) is 11.9. The Morgan fingerprint density at radius 1 is 1.20 bits per heavy atom. The molecule has 6 nitrogen and oxygen atoms in total. The fourth-order valence-corrected chi connectivity index (χ4v) is 2.33. The van der Waals surface area contributed by atoms with Crippen molar-refractivity contribution in [1.29, 1.82) is 0 Å². The predicted octanol–water partition coefficient (Wildman–Crippen LogP) is 4.32. The largest absolute Gasteiger partial charge is 0.507 e. The van der Waals surface area contributed by atoms with Crippen molar-refractivity contribution in [2.24, 2.45) is 0 Å². The molecule has 25 heavy (non-hydrogen) atoms. The third-order valence-corrected chi connectivity index (χ3v) is 3.79. The van der Waals surface area contributed by atoms with Gasteiger partial charge >= 0.3 is 5.97 Å². The lowest BCUT2D eigenvalue weighted by atomic mass is 10.1. The number of carbonyl (C=O) groups excluding carboxylic acids is 1. The van der Waals surface area contributed by atoms with Crippen LogP contribution >= 0.6 is 11.6 Å². The molecular formula is C18H15ClN2O4. The zero-order chi connectivity index (χ0) is 18.0. The number of ether oxygens (including phenoxy) is 1. The summed E-state index contributed by atoms with van der Waals surface area (Å²) in [5.74, 6) is -0.461. The van der Waals surface area contributed by atoms with Gasteiger partial charge in [-0.3, -0.25) is 0 Å². The van der Waals surface area contributed by atoms with Crippen molar-refractivity contribution in [2.75, 3.05) is 0 Å². The van der Waals surface area contributed by atoms with Gasteiger partial charge in [0.25, 0.3) is 5.89 Å². The van der Waals surface area contributed by atoms with Gasteiger partial charge < -0.3 is 14.3 Å². The average molecular weight is 359 g/mol. The first kappa shape index (κ1) is 17.0. The van der Waals surface area contributed by atoms with E-state index in [0.29, 0.717) is 10.9 Å². The summed E-state index contributed by atoms with van der Waals surface area (Å²) in [4.78, 5) is 12.2. The van der Waals surface area contributed by atoms with Gasteiger partial charge in [-0.15, -0.1) is 10.2 Å². The number of phenols is 1. The van der Waals surface area contributed by atoms with Crippen molar-refractivity contribution >= 4 is 17.6 Å². The molecule has 0 aliphatic carbocycles. The molecule has 0 amide bonds. The van der Waals surface area contributed by atoms with Crippen molar-refractivity contribution in [3.8, 4) is 17.2 Å². The van der Waals surface area contributed by atoms with Gasteiger partial charge in [0.15, 0.2) is 6.10 Å². The minimum Gasteiger partial charge on any atom is -0.507 e. The maximum atomic E-state index is 12.2. The molecule has 0 saturated carbocycles. The van der Waals surface area contributed by atoms with Crippen LogP contribution in [0.25, 0.3) is 11.5 Å². The zero-order valence-electron chi connectivity index (χ0n) is 13.6. The molecule has 3 aromatic rings. The number of aromatic nitrogens is 2. The summed E-state index contributed by atoms with van der Waals surface area (Å²) in [5, 5.41) is 18.0. The van der Waals surface area contributed by atoms with Gasteiger partial charge in [-0.2, -0.15) is 0 Å². The number of hydrogen-bond acceptors (Lipinski definition) is 6. The number of aromatic hydroxyl groups is 1. The van der Waals surface area contributed by atoms with Crippen LogP contribution in [-0.4, -0.2) is 21.3 Å². The molecule has 2 aromatic carbocycles. The highest BCUT2D eigenvalue weighted by Crippen LogP contribution is 2.26. The molecule has 128 valence electrons. The molecule has 1 N–H and O–H groups in total. The maximum absolute atomic E-state index is 12.2. The van der Waals surface area contributed by atoms with Gasteiger partial charge in [0.2, 0.25) is 5.89 Å². The lowest BCUT2D eigenvalue weighted by Crippen LogP contribution is -2.09. The minimum atomic E-state index is -0.769. The van der Waals surface area contributed by atoms with E-state index in [1.54, 1.807) is 6.92 Å². The normalized spacial score (nSPS) is 12.0. The third-order valence-electron chi connectivity index (χ3n) is 3.55. The molecule has 0 fully saturated rings. The number of benzene rings is 2. The quantitative estimate of drug-likeness (QED) is 0.699. The molecule has 3 rings (SSSR count). The monoisotopic (exact) mass is 358 g/mol. The number of nitrogens with zero attached hydrogens (tertiary/aromatic N) is 2. The summed E-state index contributed by atoms with van der Waals surface area (Å²) in [5.41, 5.74) is 1.90. The van der Waals surface area contributed by atoms with Crippen LogP contribution in [0.4, 0.5) is 0 Å². The molecule has 0 aliphatic heterocycles. The SMILES string of the molecule is Cc1ccc(-c2nnc([C@@H](C)OC(=O)c3ccc(Cl)cc3O)o2)cc1. The minimum absolute atomic E-state index is 0.00882. The molecule has 1 heterocycles. The molecule has 0 radical (unpaired) electrons. The fraction of sp³-hybridized carbons (Fsp3) is 0.167. The van der Waals surface area contributed by atoms with E-state index in [1.165, 1.54) is 18.2 Å². The van der Waals surface area contributed by atoms with Crippen molar-refractivity contribution in [1.82, 2.24) is 10.2 Å². The van der Waals surface area contributed by atoms with Crippen LogP contribution in [-0.2, 0) is 4.74 Å². The summed E-state index contributed by atoms with van der Waals surface area (Å²) in [6.45, 7) is 3.59. The molecule has 7 heteroatoms. The van der Waals surface area contributed by atoms with E-state index in [9.17, 15) is 9.90 Å². The zero-order valence-corrected chi connectivity index (χ0v) is 14.3. The summed E-state index contributed by atoms with van der Waals surface area (Å²) in [6.07, 6.45) is -0.769. The molecular weight excluding hydrogens is 344 g/mol. The van der Waals surface area contributed by atoms with Gasteiger partial charge in [-0.1, -0.05) is 29.3 Å². The Balaban J connectivity index is 1.74. The number of phenolic OH excluding ortho intramolecular Hbond substituents is 1. The van der Waals surface area contributed by atoms with Gasteiger partial charge in [0.1, 0.15) is 11.3 Å². The second-order valence-electron chi connectivity index (χ2n) is 5.52. The van der Waals surface area contributed by atoms with Crippen LogP contribution in [0.15, 0.2) is 46.9 Å². The summed E-state index contributed by atoms with van der Waals surface area (Å²) in [6, 6.07) is 11.8. The molecule has 0 bridgehead atoms. The number of esters is 1. The van der Waals surface area contributed by atoms with E-state index < -0.39 is 12.1 Å². The first-order valence-electron chi connectivity index (χ1n) is 7.54. The van der Waals surface area contributed by atoms with E-state index in [0.717, 1.165) is 11.1 Å². The Morgan fingerprint density at radius 2 is 1.92 bits per heavy atom. The fourth-order valence-electron chi connectivity index (χ4n) is 2.16. The Morgan fingerprint density at radius 3 is 2.60 bits per heavy atom. The Hall–Kier alpha value is -2.86. The second kappa shape index (κ2) is 6.94. The predicted molar refractivity (Wildman–Crippen MR) is 91.4 cm³/mol. The van der Waals surface area contributed by atoms with Crippen LogP contribution in [0, 0.1) is 6.92 Å². The third kappa shape index (κ3) is 3.80. The Bertz CT molecular complexity index is 906. The molecule has 0 aliphatic rings. The Kier molecular flexibility index (Phi) is 4.72. The van der Waals surface area contributed by atoms with Crippen molar-refractivity contribution in [3.63, 3.8) is 0 Å². The molecule has 0 unspecified atom stereocenters. The van der Waals surface area contributed by atoms with Crippen molar-refractivity contribution in [3.05, 3.63) is 64.5 Å². The first-order valence-corrected chi connectivity index (χ1v) is 7.92. The second-order valence-corrected chi connectivity index (χ2v) is 5.96. The number of hydrogen-bond donors (Lipinski definition) is 1. The van der Waals surface area contributed by atoms with E-state index in [4.69, 9.17) is 20.8 Å². The lowest BCUT2D eigenvalue weighted by Gasteiger charge is -2.10. The maximum Gasteiger partial charge on any atom is 0.342 e. The standard InChI is InChI=1S/C18H15ClN2O4/c1-10-3-5-12(6-4-10)17-21-20-16(25-17)11(2)24-18(23)14-8-7-13(19)9-15(14)22/h3-9,11,22H,1-2H3/t11-/m1/s1. The van der Waals surface area contributed by atoms with Crippen molar-refractivity contribution in [2.45, 2.75) is 20.0 Å². The topological polar surface area (TPSA) is 85.5 Å². The molecule has 1 atom stereocenters. The smallest absolute Gasteiger partial charge is 0.342 e. The highest BCUT2D eigenvalue weighted by molar-refractivity contribution is 6.30. The summed E-state index contributed by atoms with van der Waals surface area (Å²) < 4.78 is 10.8. The molecule has 0 spiro atoms. The van der Waals surface area contributed by atoms with Gasteiger partial charge in [0, 0.05) is 10.6 Å². The van der Waals surface area contributed by atoms with E-state index in [2.05, 4.69) is 10.2 Å². The number of carbonyl (C=O) groups is 1. The highest BCUT2D eigenvalue weighted by Gasteiger charge is 2.21. The molecule has 1 aromatic heterocycles. The van der Waals surface area contributed by atoms with Crippen LogP contribution in [0.1, 0.15) is 34.8 Å². The van der Waals surface area contributed by atoms with Gasteiger partial charge in [-0.25, -0.2) is 4.79 Å². The van der Waals surface area contributed by atoms with Gasteiger partial charge in [-0.05, 0) is 44.2 Å². The summed E-state index contributed by atoms with van der Waals surface area (Å²) >= 11 is 5.75.